The third-order valence-electron chi connectivity index (χ3n) is 3.45. The van der Waals surface area contributed by atoms with Crippen molar-refractivity contribution >= 4 is 17.5 Å². The summed E-state index contributed by atoms with van der Waals surface area (Å²) >= 11 is 0. The topological polar surface area (TPSA) is 58.1 Å². The standard InChI is InChI=1S/C18H23FN4O/c1-4-10-23(11-5-2)18-20-13(3)12-16(22-18)17(24)21-15-8-6-14(19)7-9-15/h6-9,12H,4-5,10-11H2,1-3H3,(H,21,24). The first-order valence-electron chi connectivity index (χ1n) is 8.21. The maximum Gasteiger partial charge on any atom is 0.274 e. The molecular formula is C18H23FN4O. The van der Waals surface area contributed by atoms with Crippen LogP contribution in [0.1, 0.15) is 42.9 Å². The number of benzene rings is 1. The van der Waals surface area contributed by atoms with Gasteiger partial charge in [0.15, 0.2) is 0 Å². The van der Waals surface area contributed by atoms with Crippen molar-refractivity contribution in [2.45, 2.75) is 33.6 Å². The number of nitrogens with one attached hydrogen (secondary N) is 1. The first-order valence-corrected chi connectivity index (χ1v) is 8.21. The van der Waals surface area contributed by atoms with E-state index < -0.39 is 0 Å². The maximum absolute atomic E-state index is 12.9. The van der Waals surface area contributed by atoms with E-state index in [9.17, 15) is 9.18 Å². The monoisotopic (exact) mass is 330 g/mol. The normalized spacial score (nSPS) is 10.5. The van der Waals surface area contributed by atoms with Crippen LogP contribution in [0.3, 0.4) is 0 Å². The van der Waals surface area contributed by atoms with Gasteiger partial charge in [-0.2, -0.15) is 0 Å². The zero-order valence-corrected chi connectivity index (χ0v) is 14.3. The molecule has 1 aromatic heterocycles. The van der Waals surface area contributed by atoms with Crippen molar-refractivity contribution < 1.29 is 9.18 Å². The molecule has 0 radical (unpaired) electrons. The molecule has 1 aromatic carbocycles. The molecule has 0 saturated carbocycles. The summed E-state index contributed by atoms with van der Waals surface area (Å²) < 4.78 is 12.9. The van der Waals surface area contributed by atoms with Crippen molar-refractivity contribution in [2.24, 2.45) is 0 Å². The number of hydrogen-bond acceptors (Lipinski definition) is 4. The van der Waals surface area contributed by atoms with E-state index in [-0.39, 0.29) is 11.7 Å². The Morgan fingerprint density at radius 2 is 1.75 bits per heavy atom. The number of halogens is 1. The average Bonchev–Trinajstić information content (AvgIpc) is 2.56. The van der Waals surface area contributed by atoms with Crippen LogP contribution >= 0.6 is 0 Å². The SMILES string of the molecule is CCCN(CCC)c1nc(C)cc(C(=O)Nc2ccc(F)cc2)n1. The second kappa shape index (κ2) is 8.38. The van der Waals surface area contributed by atoms with Crippen LogP contribution in [0.4, 0.5) is 16.0 Å². The van der Waals surface area contributed by atoms with E-state index in [2.05, 4.69) is 34.0 Å². The fourth-order valence-corrected chi connectivity index (χ4v) is 2.39. The Kier molecular flexibility index (Phi) is 6.23. The van der Waals surface area contributed by atoms with Crippen LogP contribution in [0.25, 0.3) is 0 Å². The number of amides is 1. The Morgan fingerprint density at radius 1 is 1.12 bits per heavy atom. The minimum atomic E-state index is -0.345. The number of anilines is 2. The Morgan fingerprint density at radius 3 is 2.33 bits per heavy atom. The van der Waals surface area contributed by atoms with Crippen LogP contribution in [-0.2, 0) is 0 Å². The highest BCUT2D eigenvalue weighted by molar-refractivity contribution is 6.03. The zero-order chi connectivity index (χ0) is 17.5. The van der Waals surface area contributed by atoms with Gasteiger partial charge in [-0.1, -0.05) is 13.8 Å². The molecule has 1 heterocycles. The molecule has 0 aliphatic rings. The van der Waals surface area contributed by atoms with E-state index in [0.717, 1.165) is 31.6 Å². The van der Waals surface area contributed by atoms with Gasteiger partial charge in [-0.15, -0.1) is 0 Å². The molecular weight excluding hydrogens is 307 g/mol. The van der Waals surface area contributed by atoms with Gasteiger partial charge in [-0.05, 0) is 50.1 Å². The lowest BCUT2D eigenvalue weighted by Gasteiger charge is -2.22. The summed E-state index contributed by atoms with van der Waals surface area (Å²) in [7, 11) is 0. The van der Waals surface area contributed by atoms with E-state index >= 15 is 0 Å². The smallest absolute Gasteiger partial charge is 0.274 e. The van der Waals surface area contributed by atoms with Gasteiger partial charge in [0.25, 0.3) is 5.91 Å². The number of aryl methyl sites for hydroxylation is 1. The largest absolute Gasteiger partial charge is 0.341 e. The maximum atomic E-state index is 12.9. The van der Waals surface area contributed by atoms with E-state index in [0.29, 0.717) is 17.3 Å². The molecule has 128 valence electrons. The minimum absolute atomic E-state index is 0.305. The number of carbonyl (C=O) groups excluding carboxylic acids is 1. The molecule has 2 aromatic rings. The molecule has 6 heteroatoms. The number of hydrogen-bond donors (Lipinski definition) is 1. The van der Waals surface area contributed by atoms with E-state index in [1.165, 1.54) is 24.3 Å². The van der Waals surface area contributed by atoms with Gasteiger partial charge >= 0.3 is 0 Å². The van der Waals surface area contributed by atoms with Crippen molar-refractivity contribution in [1.29, 1.82) is 0 Å². The highest BCUT2D eigenvalue weighted by Gasteiger charge is 2.14. The third kappa shape index (κ3) is 4.75. The predicted octanol–water partition coefficient (Wildman–Crippen LogP) is 3.80. The quantitative estimate of drug-likeness (QED) is 0.839. The number of nitrogens with zero attached hydrogens (tertiary/aromatic N) is 3. The molecule has 0 aliphatic heterocycles. The first kappa shape index (κ1) is 17.8. The highest BCUT2D eigenvalue weighted by Crippen LogP contribution is 2.14. The van der Waals surface area contributed by atoms with Gasteiger partial charge in [0.1, 0.15) is 11.5 Å². The van der Waals surface area contributed by atoms with Gasteiger partial charge in [-0.3, -0.25) is 4.79 Å². The Bertz CT molecular complexity index is 682. The molecule has 0 atom stereocenters. The molecule has 0 fully saturated rings. The van der Waals surface area contributed by atoms with Gasteiger partial charge in [-0.25, -0.2) is 14.4 Å². The summed E-state index contributed by atoms with van der Waals surface area (Å²) in [5.74, 6) is -0.104. The zero-order valence-electron chi connectivity index (χ0n) is 14.3. The molecule has 0 spiro atoms. The van der Waals surface area contributed by atoms with Gasteiger partial charge in [0.05, 0.1) is 0 Å². The lowest BCUT2D eigenvalue weighted by Crippen LogP contribution is -2.28. The Balaban J connectivity index is 2.22. The van der Waals surface area contributed by atoms with Crippen LogP contribution in [0.2, 0.25) is 0 Å². The van der Waals surface area contributed by atoms with E-state index in [1.54, 1.807) is 6.07 Å². The second-order valence-electron chi connectivity index (χ2n) is 5.64. The van der Waals surface area contributed by atoms with Crippen molar-refractivity contribution in [1.82, 2.24) is 9.97 Å². The highest BCUT2D eigenvalue weighted by atomic mass is 19.1. The molecule has 0 aliphatic carbocycles. The summed E-state index contributed by atoms with van der Waals surface area (Å²) in [5.41, 5.74) is 1.57. The molecule has 1 amide bonds. The fourth-order valence-electron chi connectivity index (χ4n) is 2.39. The van der Waals surface area contributed by atoms with Crippen LogP contribution in [0, 0.1) is 12.7 Å². The Labute approximate surface area is 141 Å². The minimum Gasteiger partial charge on any atom is -0.341 e. The summed E-state index contributed by atoms with van der Waals surface area (Å²) in [6, 6.07) is 7.29. The van der Waals surface area contributed by atoms with Crippen molar-refractivity contribution in [3.05, 3.63) is 47.5 Å². The number of rotatable bonds is 7. The Hall–Kier alpha value is -2.50. The van der Waals surface area contributed by atoms with Gasteiger partial charge in [0.2, 0.25) is 5.95 Å². The molecule has 5 nitrogen and oxygen atoms in total. The second-order valence-corrected chi connectivity index (χ2v) is 5.64. The van der Waals surface area contributed by atoms with Crippen LogP contribution < -0.4 is 10.2 Å². The van der Waals surface area contributed by atoms with E-state index in [4.69, 9.17) is 0 Å². The van der Waals surface area contributed by atoms with Crippen LogP contribution in [0.5, 0.6) is 0 Å². The van der Waals surface area contributed by atoms with Crippen molar-refractivity contribution in [3.8, 4) is 0 Å². The predicted molar refractivity (Wildman–Crippen MR) is 93.9 cm³/mol. The van der Waals surface area contributed by atoms with E-state index in [1.807, 2.05) is 6.92 Å². The first-order chi connectivity index (χ1) is 11.5. The van der Waals surface area contributed by atoms with Crippen LogP contribution in [0.15, 0.2) is 30.3 Å². The summed E-state index contributed by atoms with van der Waals surface area (Å²) in [4.78, 5) is 23.4. The van der Waals surface area contributed by atoms with Crippen molar-refractivity contribution in [2.75, 3.05) is 23.3 Å². The van der Waals surface area contributed by atoms with Crippen molar-refractivity contribution in [3.63, 3.8) is 0 Å². The molecule has 1 N–H and O–H groups in total. The van der Waals surface area contributed by atoms with Gasteiger partial charge < -0.3 is 10.2 Å². The van der Waals surface area contributed by atoms with Crippen LogP contribution in [-0.4, -0.2) is 29.0 Å². The summed E-state index contributed by atoms with van der Waals surface area (Å²) in [6.07, 6.45) is 1.96. The summed E-state index contributed by atoms with van der Waals surface area (Å²) in [6.45, 7) is 7.73. The fraction of sp³-hybridized carbons (Fsp3) is 0.389. The third-order valence-corrected chi connectivity index (χ3v) is 3.45. The molecule has 2 rings (SSSR count). The molecule has 24 heavy (non-hydrogen) atoms. The molecule has 0 unspecified atom stereocenters. The van der Waals surface area contributed by atoms with Gasteiger partial charge in [0, 0.05) is 24.5 Å². The number of carbonyl (C=O) groups is 1. The molecule has 0 bridgehead atoms. The molecule has 0 saturated heterocycles. The lowest BCUT2D eigenvalue weighted by atomic mass is 10.2. The number of aromatic nitrogens is 2. The average molecular weight is 330 g/mol. The summed E-state index contributed by atoms with van der Waals surface area (Å²) in [5, 5.41) is 2.73. The lowest BCUT2D eigenvalue weighted by molar-refractivity contribution is 0.102.